The molecule has 0 radical (unpaired) electrons. The first-order chi connectivity index (χ1) is 8.73. The second-order valence-electron chi connectivity index (χ2n) is 5.41. The second-order valence-corrected chi connectivity index (χ2v) is 5.84. The smallest absolute Gasteiger partial charge is 0.242 e. The molecule has 0 aliphatic rings. The van der Waals surface area contributed by atoms with Gasteiger partial charge in [0, 0.05) is 10.6 Å². The number of nitrogens with zero attached hydrogens (tertiary/aromatic N) is 1. The van der Waals surface area contributed by atoms with Crippen LogP contribution in [0.4, 0.5) is 5.69 Å². The Labute approximate surface area is 118 Å². The van der Waals surface area contributed by atoms with Crippen molar-refractivity contribution in [2.24, 2.45) is 0 Å². The van der Waals surface area contributed by atoms with Crippen molar-refractivity contribution in [3.8, 4) is 6.07 Å². The molecule has 0 heterocycles. The Balaban J connectivity index is 2.80. The lowest BCUT2D eigenvalue weighted by atomic mass is 10.1. The van der Waals surface area contributed by atoms with Gasteiger partial charge in [0.25, 0.3) is 0 Å². The number of benzene rings is 1. The number of hydrogen-bond donors (Lipinski definition) is 2. The van der Waals surface area contributed by atoms with Crippen molar-refractivity contribution in [1.29, 1.82) is 5.26 Å². The molecular formula is C14H18ClN3O. The van der Waals surface area contributed by atoms with Crippen molar-refractivity contribution < 1.29 is 4.79 Å². The first-order valence-corrected chi connectivity index (χ1v) is 6.39. The highest BCUT2D eigenvalue weighted by atomic mass is 35.5. The molecule has 1 aromatic carbocycles. The van der Waals surface area contributed by atoms with Gasteiger partial charge in [-0.05, 0) is 45.9 Å². The van der Waals surface area contributed by atoms with Crippen LogP contribution in [0.5, 0.6) is 0 Å². The van der Waals surface area contributed by atoms with E-state index in [1.807, 2.05) is 20.8 Å². The zero-order valence-electron chi connectivity index (χ0n) is 11.5. The molecule has 0 spiro atoms. The van der Waals surface area contributed by atoms with Crippen molar-refractivity contribution >= 4 is 23.2 Å². The van der Waals surface area contributed by atoms with E-state index >= 15 is 0 Å². The van der Waals surface area contributed by atoms with Crippen molar-refractivity contribution in [3.05, 3.63) is 28.8 Å². The SMILES string of the molecule is CC(Nc1ccc(Cl)cc1C#N)C(=O)NC(C)(C)C. The predicted octanol–water partition coefficient (Wildman–Crippen LogP) is 2.93. The van der Waals surface area contributed by atoms with E-state index in [1.165, 1.54) is 0 Å². The minimum absolute atomic E-state index is 0.119. The average molecular weight is 280 g/mol. The van der Waals surface area contributed by atoms with Crippen LogP contribution < -0.4 is 10.6 Å². The van der Waals surface area contributed by atoms with E-state index in [-0.39, 0.29) is 11.4 Å². The third kappa shape index (κ3) is 4.80. The highest BCUT2D eigenvalue weighted by Crippen LogP contribution is 2.20. The summed E-state index contributed by atoms with van der Waals surface area (Å²) in [7, 11) is 0. The van der Waals surface area contributed by atoms with Crippen molar-refractivity contribution in [2.75, 3.05) is 5.32 Å². The second kappa shape index (κ2) is 5.94. The summed E-state index contributed by atoms with van der Waals surface area (Å²) in [6, 6.07) is 6.56. The van der Waals surface area contributed by atoms with Crippen LogP contribution in [0, 0.1) is 11.3 Å². The van der Waals surface area contributed by atoms with Gasteiger partial charge in [0.05, 0.1) is 11.3 Å². The summed E-state index contributed by atoms with van der Waals surface area (Å²) in [5, 5.41) is 15.4. The molecule has 4 nitrogen and oxygen atoms in total. The maximum Gasteiger partial charge on any atom is 0.242 e. The lowest BCUT2D eigenvalue weighted by molar-refractivity contribution is -0.122. The fraction of sp³-hybridized carbons (Fsp3) is 0.429. The Kier molecular flexibility index (Phi) is 4.79. The van der Waals surface area contributed by atoms with Gasteiger partial charge in [0.15, 0.2) is 0 Å². The number of halogens is 1. The molecule has 2 N–H and O–H groups in total. The Morgan fingerprint density at radius 1 is 1.42 bits per heavy atom. The Morgan fingerprint density at radius 3 is 2.58 bits per heavy atom. The number of anilines is 1. The van der Waals surface area contributed by atoms with Crippen LogP contribution in [0.25, 0.3) is 0 Å². The van der Waals surface area contributed by atoms with E-state index in [9.17, 15) is 4.79 Å². The lowest BCUT2D eigenvalue weighted by Crippen LogP contribution is -2.47. The van der Waals surface area contributed by atoms with E-state index in [1.54, 1.807) is 25.1 Å². The van der Waals surface area contributed by atoms with E-state index in [4.69, 9.17) is 16.9 Å². The van der Waals surface area contributed by atoms with E-state index in [2.05, 4.69) is 16.7 Å². The van der Waals surface area contributed by atoms with Gasteiger partial charge in [-0.1, -0.05) is 11.6 Å². The monoisotopic (exact) mass is 279 g/mol. The summed E-state index contributed by atoms with van der Waals surface area (Å²) in [5.74, 6) is -0.119. The van der Waals surface area contributed by atoms with Crippen LogP contribution in [-0.2, 0) is 4.79 Å². The summed E-state index contributed by atoms with van der Waals surface area (Å²) in [5.41, 5.74) is 0.733. The minimum Gasteiger partial charge on any atom is -0.373 e. The number of carbonyl (C=O) groups is 1. The standard InChI is InChI=1S/C14H18ClN3O/c1-9(13(19)18-14(2,3)4)17-12-6-5-11(15)7-10(12)8-16/h5-7,9,17H,1-4H3,(H,18,19). The molecule has 19 heavy (non-hydrogen) atoms. The molecule has 1 unspecified atom stereocenters. The van der Waals surface area contributed by atoms with Gasteiger partial charge in [0.1, 0.15) is 12.1 Å². The van der Waals surface area contributed by atoms with Crippen molar-refractivity contribution in [1.82, 2.24) is 5.32 Å². The minimum atomic E-state index is -0.437. The van der Waals surface area contributed by atoms with Gasteiger partial charge in [-0.3, -0.25) is 4.79 Å². The zero-order chi connectivity index (χ0) is 14.6. The molecule has 1 atom stereocenters. The van der Waals surface area contributed by atoms with Crippen molar-refractivity contribution in [3.63, 3.8) is 0 Å². The molecule has 0 aliphatic heterocycles. The average Bonchev–Trinajstić information content (AvgIpc) is 2.29. The fourth-order valence-electron chi connectivity index (χ4n) is 1.51. The summed E-state index contributed by atoms with van der Waals surface area (Å²) < 4.78 is 0. The number of hydrogen-bond acceptors (Lipinski definition) is 3. The van der Waals surface area contributed by atoms with Crippen LogP contribution >= 0.6 is 11.6 Å². The summed E-state index contributed by atoms with van der Waals surface area (Å²) >= 11 is 5.82. The van der Waals surface area contributed by atoms with Gasteiger partial charge in [-0.15, -0.1) is 0 Å². The number of nitriles is 1. The molecule has 5 heteroatoms. The van der Waals surface area contributed by atoms with Crippen LogP contribution in [0.3, 0.4) is 0 Å². The molecule has 0 saturated carbocycles. The third-order valence-electron chi connectivity index (χ3n) is 2.37. The van der Waals surface area contributed by atoms with Crippen LogP contribution in [0.2, 0.25) is 5.02 Å². The fourth-order valence-corrected chi connectivity index (χ4v) is 1.68. The topological polar surface area (TPSA) is 64.9 Å². The van der Waals surface area contributed by atoms with Crippen LogP contribution in [-0.4, -0.2) is 17.5 Å². The third-order valence-corrected chi connectivity index (χ3v) is 2.60. The van der Waals surface area contributed by atoms with E-state index in [0.717, 1.165) is 0 Å². The summed E-state index contributed by atoms with van der Waals surface area (Å²) in [6.07, 6.45) is 0. The Hall–Kier alpha value is -1.73. The first-order valence-electron chi connectivity index (χ1n) is 6.01. The normalized spacial score (nSPS) is 12.4. The Bertz CT molecular complexity index is 514. The van der Waals surface area contributed by atoms with Gasteiger partial charge >= 0.3 is 0 Å². The largest absolute Gasteiger partial charge is 0.373 e. The van der Waals surface area contributed by atoms with Gasteiger partial charge in [-0.25, -0.2) is 0 Å². The quantitative estimate of drug-likeness (QED) is 0.894. The predicted molar refractivity (Wildman–Crippen MR) is 77.1 cm³/mol. The molecular weight excluding hydrogens is 262 g/mol. The van der Waals surface area contributed by atoms with Crippen LogP contribution in [0.15, 0.2) is 18.2 Å². The molecule has 1 aromatic rings. The highest BCUT2D eigenvalue weighted by molar-refractivity contribution is 6.30. The summed E-state index contributed by atoms with van der Waals surface area (Å²) in [6.45, 7) is 7.50. The number of nitrogens with one attached hydrogen (secondary N) is 2. The molecule has 0 fully saturated rings. The first kappa shape index (κ1) is 15.3. The zero-order valence-corrected chi connectivity index (χ0v) is 12.3. The van der Waals surface area contributed by atoms with E-state index in [0.29, 0.717) is 16.3 Å². The highest BCUT2D eigenvalue weighted by Gasteiger charge is 2.19. The number of amides is 1. The lowest BCUT2D eigenvalue weighted by Gasteiger charge is -2.24. The molecule has 1 rings (SSSR count). The molecule has 0 aliphatic carbocycles. The number of carbonyl (C=O) groups excluding carboxylic acids is 1. The molecule has 0 aromatic heterocycles. The summed E-state index contributed by atoms with van der Waals surface area (Å²) in [4.78, 5) is 11.9. The van der Waals surface area contributed by atoms with Gasteiger partial charge < -0.3 is 10.6 Å². The Morgan fingerprint density at radius 2 is 2.05 bits per heavy atom. The molecule has 0 bridgehead atoms. The maximum absolute atomic E-state index is 11.9. The maximum atomic E-state index is 11.9. The van der Waals surface area contributed by atoms with Crippen molar-refractivity contribution in [2.45, 2.75) is 39.3 Å². The van der Waals surface area contributed by atoms with Gasteiger partial charge in [0.2, 0.25) is 5.91 Å². The van der Waals surface area contributed by atoms with Gasteiger partial charge in [-0.2, -0.15) is 5.26 Å². The molecule has 102 valence electrons. The molecule has 0 saturated heterocycles. The molecule has 1 amide bonds. The van der Waals surface area contributed by atoms with E-state index < -0.39 is 6.04 Å². The van der Waals surface area contributed by atoms with Crippen LogP contribution in [0.1, 0.15) is 33.3 Å². The number of rotatable bonds is 3.